The van der Waals surface area contributed by atoms with E-state index in [9.17, 15) is 86.3 Å². The number of rotatable bonds is 27. The summed E-state index contributed by atoms with van der Waals surface area (Å²) in [7, 11) is 8.28. The third-order valence-corrected chi connectivity index (χ3v) is 15.0. The molecule has 7 fully saturated rings. The molecular weight excluding hydrogens is 1510 g/mol. The number of hydrogen-bond donors (Lipinski definition) is 5. The van der Waals surface area contributed by atoms with Gasteiger partial charge in [-0.25, -0.2) is 67.1 Å². The Morgan fingerprint density at radius 2 is 0.781 bits per heavy atom. The van der Waals surface area contributed by atoms with Gasteiger partial charge in [0.05, 0.1) is 47.8 Å². The Morgan fingerprint density at radius 1 is 0.430 bits per heavy atom. The number of carbonyl (C=O) groups is 18. The summed E-state index contributed by atoms with van der Waals surface area (Å²) in [5.74, 6) is -10.6. The Morgan fingerprint density at radius 3 is 1.12 bits per heavy atom. The van der Waals surface area contributed by atoms with Gasteiger partial charge in [0.25, 0.3) is 17.7 Å². The Kier molecular flexibility index (Phi) is 48.4. The standard InChI is InChI=1S/C12H17NO6.C12H17NO4.C11H15NO5.C11H15NO4.C10H13NO5.C10H13NO4.C8H9NO5/c1-17-8-7-13-9(14)3-4-10(13)19-12(16)6-5-11(15)18-2;1-4-13-9(2)5-6-10(13)17-12(15)8-7-11(14)16-3;1-7(2)16-9(13)3-4-10(14)17-8-5-6-12-11(8)15;1-8-4-5-9(12(8)2)16-11(14)7-6-10(13)15-3;1-2-15-8(12)3-4-9(13)16-7-5-6-11-10(7)14;1-7-3-4-8(11-7)15-10(13)6-5-9(12)14-2;10-6(11)1-2-7(12)14-5-3-4-9-8(5)13/h5-6,10H,3-4,7-8H2,1-2H3;7-8,10H,2,4-6H2,1,3H3;3-4,7-8H,5-6H2,1-2H3,(H,12,15);6-7,9H,1,4-5H2,2-3H3;3-4,7H,2,5-6H2,1H3,(H,11,14);5-6,8,11H,1,3-4H2,2H3;1-2,5H,3-4H2,(H,9,13)(H,10,11)/b6-5+;8-7+;4-3+;7-6+;4-3+;6-5+;2-1+/t;;;;;8-;/m.....1./s1. The van der Waals surface area contributed by atoms with Crippen LogP contribution in [0.2, 0.25) is 0 Å². The lowest BCUT2D eigenvalue weighted by atomic mass is 10.3. The third kappa shape index (κ3) is 43.0. The van der Waals surface area contributed by atoms with Crippen LogP contribution >= 0.6 is 0 Å². The van der Waals surface area contributed by atoms with Crippen molar-refractivity contribution in [3.05, 3.63) is 122 Å². The minimum absolute atomic E-state index is 0.0770. The van der Waals surface area contributed by atoms with Crippen LogP contribution in [-0.2, 0) is 153 Å². The fourth-order valence-electron chi connectivity index (χ4n) is 9.38. The smallest absolute Gasteiger partial charge is 0.332 e. The molecule has 0 saturated carbocycles. The van der Waals surface area contributed by atoms with Crippen molar-refractivity contribution in [3.8, 4) is 0 Å². The molecule has 0 bridgehead atoms. The number of carboxylic acids is 1. The van der Waals surface area contributed by atoms with Crippen molar-refractivity contribution in [1.29, 1.82) is 0 Å². The van der Waals surface area contributed by atoms with E-state index in [1.807, 2.05) is 23.8 Å². The number of aliphatic carboxylic acids is 1. The summed E-state index contributed by atoms with van der Waals surface area (Å²) >= 11 is 0. The SMILES string of the molecule is C=C1CCC(OC(=O)/C=C/C(=O)OC)N1C.C=C1CCC(OC(=O)/C=C/C(=O)OC)N1CC.C=C1CC[C@@H](OC(=O)/C=C/C(=O)OC)N1.CC(C)OC(=O)/C=C/C(=O)OC1CCNC1=O.CCOC(=O)/C=C/C(=O)OC1CCNC1=O.COCCN1C(=O)CCC1OC(=O)/C=C/C(=O)OC.O=C(O)/C=C/C(=O)OC1CCNC1=O. The van der Waals surface area contributed by atoms with E-state index in [1.165, 1.54) is 40.4 Å². The van der Waals surface area contributed by atoms with Gasteiger partial charge < -0.3 is 107 Å². The summed E-state index contributed by atoms with van der Waals surface area (Å²) in [6.45, 7) is 21.7. The van der Waals surface area contributed by atoms with E-state index in [1.54, 1.807) is 20.8 Å². The number of hydrogen-bond acceptors (Lipinski definition) is 35. The van der Waals surface area contributed by atoms with Gasteiger partial charge in [-0.3, -0.25) is 19.2 Å². The first-order valence-corrected chi connectivity index (χ1v) is 35.1. The number of allylic oxidation sites excluding steroid dienone is 3. The molecule has 7 rings (SSSR count). The minimum atomic E-state index is -1.24. The number of nitrogens with one attached hydrogen (secondary N) is 4. The number of amides is 4. The zero-order valence-corrected chi connectivity index (χ0v) is 64.9. The molecule has 4 amide bonds. The molecule has 114 heavy (non-hydrogen) atoms. The van der Waals surface area contributed by atoms with Crippen LogP contribution in [-0.4, -0.2) is 265 Å². The van der Waals surface area contributed by atoms with Crippen LogP contribution in [0.4, 0.5) is 0 Å². The normalized spacial score (nSPS) is 19.8. The zero-order valence-electron chi connectivity index (χ0n) is 64.9. The molecule has 6 unspecified atom stereocenters. The van der Waals surface area contributed by atoms with Crippen molar-refractivity contribution >= 4 is 107 Å². The van der Waals surface area contributed by atoms with Crippen molar-refractivity contribution < 1.29 is 158 Å². The maximum atomic E-state index is 11.6. The molecule has 0 aromatic heterocycles. The summed E-state index contributed by atoms with van der Waals surface area (Å²) < 4.78 is 66.4. The number of likely N-dealkylation sites (tertiary alicyclic amines) is 3. The van der Waals surface area contributed by atoms with Crippen LogP contribution in [0.15, 0.2) is 122 Å². The van der Waals surface area contributed by atoms with Crippen molar-refractivity contribution in [1.82, 2.24) is 36.0 Å². The van der Waals surface area contributed by atoms with Crippen LogP contribution < -0.4 is 21.3 Å². The zero-order chi connectivity index (χ0) is 85.8. The van der Waals surface area contributed by atoms with E-state index < -0.39 is 108 Å². The van der Waals surface area contributed by atoms with Crippen LogP contribution in [0.1, 0.15) is 98.3 Å². The fraction of sp³-hybridized carbons (Fsp3) is 0.486. The van der Waals surface area contributed by atoms with Crippen molar-refractivity contribution in [2.45, 2.75) is 148 Å². The van der Waals surface area contributed by atoms with Gasteiger partial charge in [0, 0.05) is 200 Å². The van der Waals surface area contributed by atoms with Gasteiger partial charge >= 0.3 is 83.6 Å². The third-order valence-electron chi connectivity index (χ3n) is 15.0. The first kappa shape index (κ1) is 99.2. The highest BCUT2D eigenvalue weighted by Crippen LogP contribution is 2.27. The van der Waals surface area contributed by atoms with E-state index in [4.69, 9.17) is 43.0 Å². The number of esters is 13. The summed E-state index contributed by atoms with van der Waals surface area (Å²) in [5.41, 5.74) is 2.77. The summed E-state index contributed by atoms with van der Waals surface area (Å²) in [6, 6.07) is 0. The van der Waals surface area contributed by atoms with Crippen LogP contribution in [0, 0.1) is 0 Å². The lowest BCUT2D eigenvalue weighted by Crippen LogP contribution is -2.38. The van der Waals surface area contributed by atoms with Gasteiger partial charge in [0.2, 0.25) is 5.91 Å². The number of methoxy groups -OCH3 is 5. The summed E-state index contributed by atoms with van der Waals surface area (Å²) in [5, 5.41) is 18.6. The molecule has 7 aliphatic rings. The Hall–Kier alpha value is -12.8. The first-order valence-electron chi connectivity index (χ1n) is 35.1. The minimum Gasteiger partial charge on any atom is -0.478 e. The molecule has 7 atom stereocenters. The average Bonchev–Trinajstić information content (AvgIpc) is 1.75. The maximum absolute atomic E-state index is 11.6. The number of ether oxygens (including phenoxy) is 14. The molecule has 40 nitrogen and oxygen atoms in total. The topological polar surface area (TPSA) is 515 Å². The molecule has 7 aliphatic heterocycles. The van der Waals surface area contributed by atoms with Gasteiger partial charge in [0.1, 0.15) is 0 Å². The van der Waals surface area contributed by atoms with Crippen molar-refractivity contribution in [2.24, 2.45) is 0 Å². The average molecular weight is 1610 g/mol. The van der Waals surface area contributed by atoms with Gasteiger partial charge in [0.15, 0.2) is 43.2 Å². The maximum Gasteiger partial charge on any atom is 0.332 e. The molecular formula is C74H99N7O33. The highest BCUT2D eigenvalue weighted by atomic mass is 16.6. The van der Waals surface area contributed by atoms with Crippen LogP contribution in [0.5, 0.6) is 0 Å². The molecule has 40 heteroatoms. The van der Waals surface area contributed by atoms with Gasteiger partial charge in [-0.05, 0) is 47.0 Å². The predicted molar refractivity (Wildman–Crippen MR) is 391 cm³/mol. The van der Waals surface area contributed by atoms with E-state index in [0.717, 1.165) is 135 Å². The molecule has 0 aromatic carbocycles. The Balaban J connectivity index is 0.000000666. The highest BCUT2D eigenvalue weighted by Gasteiger charge is 2.34. The lowest BCUT2D eigenvalue weighted by molar-refractivity contribution is -0.155. The molecule has 0 radical (unpaired) electrons. The van der Waals surface area contributed by atoms with Crippen LogP contribution in [0.25, 0.3) is 0 Å². The Labute approximate surface area is 656 Å². The van der Waals surface area contributed by atoms with E-state index in [2.05, 4.69) is 69.4 Å². The quantitative estimate of drug-likeness (QED) is 0.0433. The lowest BCUT2D eigenvalue weighted by Gasteiger charge is -2.24. The highest BCUT2D eigenvalue weighted by molar-refractivity contribution is 5.97. The number of nitrogens with zero attached hydrogens (tertiary/aromatic N) is 3. The first-order chi connectivity index (χ1) is 54.0. The Bertz CT molecular complexity index is 3630. The predicted octanol–water partition coefficient (Wildman–Crippen LogP) is 0.896. The van der Waals surface area contributed by atoms with Crippen molar-refractivity contribution in [2.75, 3.05) is 88.5 Å². The second-order valence-corrected chi connectivity index (χ2v) is 23.6. The van der Waals surface area contributed by atoms with E-state index in [0.29, 0.717) is 77.4 Å². The summed E-state index contributed by atoms with van der Waals surface area (Å²) in [4.78, 5) is 203. The summed E-state index contributed by atoms with van der Waals surface area (Å²) in [6.07, 6.45) is 16.2. The van der Waals surface area contributed by atoms with Crippen LogP contribution in [0.3, 0.4) is 0 Å². The monoisotopic (exact) mass is 1610 g/mol. The molecule has 0 aliphatic carbocycles. The molecule has 7 heterocycles. The fourth-order valence-corrected chi connectivity index (χ4v) is 9.38. The van der Waals surface area contributed by atoms with Crippen molar-refractivity contribution in [3.63, 3.8) is 0 Å². The second kappa shape index (κ2) is 55.6. The molecule has 5 N–H and O–H groups in total. The number of carboxylic acid groups (broad SMARTS) is 1. The van der Waals surface area contributed by atoms with Gasteiger partial charge in [-0.15, -0.1) is 0 Å². The van der Waals surface area contributed by atoms with Gasteiger partial charge in [-0.2, -0.15) is 0 Å². The van der Waals surface area contributed by atoms with E-state index in [-0.39, 0.29) is 55.0 Å². The molecule has 628 valence electrons. The second-order valence-electron chi connectivity index (χ2n) is 23.6. The molecule has 0 aromatic rings. The molecule has 0 spiro atoms. The largest absolute Gasteiger partial charge is 0.478 e. The number of carbonyl (C=O) groups excluding carboxylic acids is 17. The molecule has 7 saturated heterocycles. The van der Waals surface area contributed by atoms with E-state index >= 15 is 0 Å². The van der Waals surface area contributed by atoms with Gasteiger partial charge in [-0.1, -0.05) is 19.7 Å².